The molecule has 2 N–H and O–H groups in total. The highest BCUT2D eigenvalue weighted by molar-refractivity contribution is 6.03. The van der Waals surface area contributed by atoms with E-state index in [1.165, 1.54) is 24.3 Å². The van der Waals surface area contributed by atoms with Crippen LogP contribution in [-0.4, -0.2) is 22.2 Å². The highest BCUT2D eigenvalue weighted by Crippen LogP contribution is 2.55. The van der Waals surface area contributed by atoms with Gasteiger partial charge in [0.15, 0.2) is 0 Å². The van der Waals surface area contributed by atoms with Gasteiger partial charge in [0.2, 0.25) is 0 Å². The molecule has 66 heavy (non-hydrogen) atoms. The van der Waals surface area contributed by atoms with Gasteiger partial charge in [-0.25, -0.2) is 9.59 Å². The van der Waals surface area contributed by atoms with E-state index in [4.69, 9.17) is 0 Å². The van der Waals surface area contributed by atoms with Gasteiger partial charge in [-0.3, -0.25) is 0 Å². The summed E-state index contributed by atoms with van der Waals surface area (Å²) in [6.07, 6.45) is -8.90. The van der Waals surface area contributed by atoms with Crippen molar-refractivity contribution in [3.05, 3.63) is 216 Å². The summed E-state index contributed by atoms with van der Waals surface area (Å²) in [7, 11) is 0. The molecule has 14 heteroatoms. The summed E-state index contributed by atoms with van der Waals surface area (Å²) in [4.78, 5) is 30.5. The van der Waals surface area contributed by atoms with Gasteiger partial charge in [-0.05, 0) is 146 Å². The summed E-state index contributed by atoms with van der Waals surface area (Å²) < 4.78 is 78.5. The first-order valence-electron chi connectivity index (χ1n) is 20.3. The number of anilines is 12. The van der Waals surface area contributed by atoms with Crippen LogP contribution in [-0.2, 0) is 12.4 Å². The van der Waals surface area contributed by atoms with Crippen LogP contribution < -0.4 is 19.6 Å². The van der Waals surface area contributed by atoms with Crippen LogP contribution in [0.2, 0.25) is 0 Å². The third-order valence-corrected chi connectivity index (χ3v) is 11.1. The highest BCUT2D eigenvalue weighted by Gasteiger charge is 2.35. The normalized spacial score (nSPS) is 12.8. The van der Waals surface area contributed by atoms with Gasteiger partial charge in [0.25, 0.3) is 0 Å². The molecule has 0 amide bonds. The molecule has 8 aromatic rings. The van der Waals surface area contributed by atoms with Crippen molar-refractivity contribution >= 4 is 80.2 Å². The average Bonchev–Trinajstić information content (AvgIpc) is 3.32. The van der Waals surface area contributed by atoms with E-state index in [-0.39, 0.29) is 11.1 Å². The van der Waals surface area contributed by atoms with Gasteiger partial charge in [-0.15, -0.1) is 0 Å². The van der Waals surface area contributed by atoms with Gasteiger partial charge < -0.3 is 29.8 Å². The number of nitrogens with zero attached hydrogens (tertiary/aromatic N) is 4. The van der Waals surface area contributed by atoms with Crippen LogP contribution in [0.1, 0.15) is 31.8 Å². The minimum atomic E-state index is -4.45. The van der Waals surface area contributed by atoms with Crippen LogP contribution in [0.15, 0.2) is 194 Å². The third kappa shape index (κ3) is 8.00. The maximum absolute atomic E-state index is 13.1. The molecule has 8 aromatic carbocycles. The number of hydrogen-bond acceptors (Lipinski definition) is 6. The second kappa shape index (κ2) is 16.9. The zero-order chi connectivity index (χ0) is 46.3. The van der Waals surface area contributed by atoms with Crippen molar-refractivity contribution in [1.29, 1.82) is 0 Å². The molecule has 8 nitrogen and oxygen atoms in total. The predicted octanol–water partition coefficient (Wildman–Crippen LogP) is 15.3. The largest absolute Gasteiger partial charge is 0.478 e. The van der Waals surface area contributed by atoms with Gasteiger partial charge in [0, 0.05) is 22.7 Å². The zero-order valence-electron chi connectivity index (χ0n) is 34.2. The average molecular weight is 893 g/mol. The molecule has 0 atom stereocenters. The first-order valence-corrected chi connectivity index (χ1v) is 20.3. The first-order chi connectivity index (χ1) is 31.7. The molecule has 0 saturated heterocycles. The SMILES string of the molecule is FC(F)(F)c1ccc(N2c3ccccc3N(c3ccc(C(F)(F)F)cc3)c3ccccc32)cc1.O=C(O)c1ccc(N2c3ccccc3N(c3ccc(C(=O)O)cc3)c3ccccc32)cc1. The minimum absolute atomic E-state index is 0.229. The van der Waals surface area contributed by atoms with E-state index in [9.17, 15) is 46.1 Å². The molecule has 0 fully saturated rings. The second-order valence-corrected chi connectivity index (χ2v) is 15.1. The molecule has 0 saturated carbocycles. The highest BCUT2D eigenvalue weighted by atomic mass is 19.4. The monoisotopic (exact) mass is 892 g/mol. The number of carboxylic acids is 2. The fraction of sp³-hybridized carbons (Fsp3) is 0.0385. The molecule has 328 valence electrons. The molecule has 2 aliphatic rings. The lowest BCUT2D eigenvalue weighted by Crippen LogP contribution is -2.24. The Morgan fingerprint density at radius 3 is 0.652 bits per heavy atom. The molecular formula is C52H34F6N4O4. The molecule has 0 aromatic heterocycles. The molecule has 2 heterocycles. The van der Waals surface area contributed by atoms with Crippen molar-refractivity contribution < 1.29 is 46.1 Å². The van der Waals surface area contributed by atoms with E-state index in [1.54, 1.807) is 72.8 Å². The summed E-state index contributed by atoms with van der Waals surface area (Å²) in [6.45, 7) is 0. The maximum Gasteiger partial charge on any atom is 0.416 e. The number of para-hydroxylation sites is 8. The topological polar surface area (TPSA) is 87.6 Å². The van der Waals surface area contributed by atoms with Crippen molar-refractivity contribution in [2.75, 3.05) is 19.6 Å². The van der Waals surface area contributed by atoms with Crippen LogP contribution >= 0.6 is 0 Å². The first kappa shape index (κ1) is 42.8. The molecule has 0 radical (unpaired) electrons. The zero-order valence-corrected chi connectivity index (χ0v) is 34.2. The molecule has 0 bridgehead atoms. The summed E-state index contributed by atoms with van der Waals surface area (Å²) in [5, 5.41) is 18.5. The molecular weight excluding hydrogens is 859 g/mol. The fourth-order valence-corrected chi connectivity index (χ4v) is 8.11. The summed E-state index contributed by atoms with van der Waals surface area (Å²) in [6, 6.07) is 53.7. The van der Waals surface area contributed by atoms with E-state index in [0.29, 0.717) is 34.1 Å². The lowest BCUT2D eigenvalue weighted by atomic mass is 10.0. The summed E-state index contributed by atoms with van der Waals surface area (Å²) >= 11 is 0. The third-order valence-electron chi connectivity index (χ3n) is 11.1. The van der Waals surface area contributed by atoms with E-state index in [1.807, 2.05) is 82.6 Å². The van der Waals surface area contributed by atoms with Crippen LogP contribution in [0.3, 0.4) is 0 Å². The van der Waals surface area contributed by atoms with E-state index < -0.39 is 35.4 Å². The lowest BCUT2D eigenvalue weighted by molar-refractivity contribution is -0.138. The Hall–Kier alpha value is -8.52. The number of halogens is 6. The molecule has 10 rings (SSSR count). The van der Waals surface area contributed by atoms with Crippen LogP contribution in [0.4, 0.5) is 94.6 Å². The van der Waals surface area contributed by atoms with E-state index in [0.717, 1.165) is 58.4 Å². The van der Waals surface area contributed by atoms with Gasteiger partial charge >= 0.3 is 24.3 Å². The minimum Gasteiger partial charge on any atom is -0.478 e. The molecule has 0 aliphatic carbocycles. The van der Waals surface area contributed by atoms with Crippen molar-refractivity contribution in [3.8, 4) is 0 Å². The number of hydrogen-bond donors (Lipinski definition) is 2. The predicted molar refractivity (Wildman–Crippen MR) is 243 cm³/mol. The Bertz CT molecular complexity index is 2780. The van der Waals surface area contributed by atoms with Gasteiger partial charge in [0.1, 0.15) is 0 Å². The number of alkyl halides is 6. The summed E-state index contributed by atoms with van der Waals surface area (Å²) in [5.41, 5.74) is 8.14. The summed E-state index contributed by atoms with van der Waals surface area (Å²) in [5.74, 6) is -1.93. The Morgan fingerprint density at radius 2 is 0.485 bits per heavy atom. The molecule has 2 aliphatic heterocycles. The van der Waals surface area contributed by atoms with Crippen molar-refractivity contribution in [3.63, 3.8) is 0 Å². The van der Waals surface area contributed by atoms with Crippen molar-refractivity contribution in [2.24, 2.45) is 0 Å². The molecule has 0 unspecified atom stereocenters. The van der Waals surface area contributed by atoms with E-state index in [2.05, 4.69) is 9.80 Å². The van der Waals surface area contributed by atoms with Crippen molar-refractivity contribution in [2.45, 2.75) is 12.4 Å². The Labute approximate surface area is 373 Å². The Morgan fingerprint density at radius 1 is 0.303 bits per heavy atom. The number of aromatic carboxylic acids is 2. The van der Waals surface area contributed by atoms with Gasteiger partial charge in [-0.1, -0.05) is 48.5 Å². The fourth-order valence-electron chi connectivity index (χ4n) is 8.11. The number of carboxylic acid groups (broad SMARTS) is 2. The smallest absolute Gasteiger partial charge is 0.416 e. The number of benzene rings is 8. The number of carbonyl (C=O) groups is 2. The number of rotatable bonds is 6. The lowest BCUT2D eigenvalue weighted by Gasteiger charge is -2.40. The van der Waals surface area contributed by atoms with Gasteiger partial charge in [-0.2, -0.15) is 26.3 Å². The van der Waals surface area contributed by atoms with Gasteiger partial charge in [0.05, 0.1) is 67.8 Å². The number of fused-ring (bicyclic) bond motifs is 4. The Balaban J connectivity index is 0.000000166. The van der Waals surface area contributed by atoms with Crippen LogP contribution in [0, 0.1) is 0 Å². The Kier molecular flexibility index (Phi) is 10.9. The van der Waals surface area contributed by atoms with E-state index >= 15 is 0 Å². The van der Waals surface area contributed by atoms with Crippen LogP contribution in [0.25, 0.3) is 0 Å². The standard InChI is InChI=1S/C26H16F6N2.C26H18N2O4/c27-25(28,29)17-9-13-19(14-10-17)33-21-5-1-2-6-22(21)34(24-8-4-3-7-23(24)33)20-15-11-18(12-16-20)26(30,31)32;29-25(30)17-9-13-19(14-10-17)27-21-5-1-2-6-22(21)28(24-8-4-3-7-23(24)27)20-15-11-18(12-16-20)26(31)32/h1-16H;1-16H,(H,29,30)(H,31,32). The quantitative estimate of drug-likeness (QED) is 0.160. The maximum atomic E-state index is 13.1. The van der Waals surface area contributed by atoms with Crippen LogP contribution in [0.5, 0.6) is 0 Å². The second-order valence-electron chi connectivity index (χ2n) is 15.1. The molecule has 0 spiro atoms. The van der Waals surface area contributed by atoms with Crippen molar-refractivity contribution in [1.82, 2.24) is 0 Å².